The summed E-state index contributed by atoms with van der Waals surface area (Å²) in [5.41, 5.74) is 2.58. The fourth-order valence-electron chi connectivity index (χ4n) is 3.53. The number of pyridine rings is 1. The molecule has 3 unspecified atom stereocenters. The van der Waals surface area contributed by atoms with E-state index < -0.39 is 0 Å². The first-order valence-electron chi connectivity index (χ1n) is 8.43. The average Bonchev–Trinajstić information content (AvgIpc) is 2.96. The molecule has 0 bridgehead atoms. The largest absolute Gasteiger partial charge is 0.314 e. The lowest BCUT2D eigenvalue weighted by Crippen LogP contribution is -2.37. The van der Waals surface area contributed by atoms with Crippen molar-refractivity contribution in [2.75, 3.05) is 6.54 Å². The topological polar surface area (TPSA) is 24.9 Å². The van der Waals surface area contributed by atoms with Gasteiger partial charge in [-0.05, 0) is 49.3 Å². The second-order valence-electron chi connectivity index (χ2n) is 6.23. The zero-order valence-electron chi connectivity index (χ0n) is 13.4. The molecule has 2 nitrogen and oxygen atoms in total. The number of hydrogen-bond donors (Lipinski definition) is 1. The highest BCUT2D eigenvalue weighted by molar-refractivity contribution is 5.15. The van der Waals surface area contributed by atoms with Gasteiger partial charge in [-0.2, -0.15) is 0 Å². The van der Waals surface area contributed by atoms with E-state index in [0.717, 1.165) is 31.2 Å². The van der Waals surface area contributed by atoms with Gasteiger partial charge in [-0.25, -0.2) is 0 Å². The SMILES string of the molecule is CCNC(Cc1ccc(CC)cn1)C1CCC(CC)C1. The minimum atomic E-state index is 0.608. The smallest absolute Gasteiger partial charge is 0.0419 e. The molecule has 3 atom stereocenters. The molecule has 1 aromatic heterocycles. The minimum absolute atomic E-state index is 0.608. The second-order valence-corrected chi connectivity index (χ2v) is 6.23. The third-order valence-corrected chi connectivity index (χ3v) is 4.92. The van der Waals surface area contributed by atoms with E-state index in [0.29, 0.717) is 6.04 Å². The number of aryl methyl sites for hydroxylation is 1. The lowest BCUT2D eigenvalue weighted by atomic mass is 9.92. The van der Waals surface area contributed by atoms with Gasteiger partial charge < -0.3 is 5.32 Å². The van der Waals surface area contributed by atoms with Crippen molar-refractivity contribution in [3.63, 3.8) is 0 Å². The Labute approximate surface area is 124 Å². The maximum atomic E-state index is 4.64. The van der Waals surface area contributed by atoms with E-state index in [-0.39, 0.29) is 0 Å². The van der Waals surface area contributed by atoms with Crippen molar-refractivity contribution in [2.24, 2.45) is 11.8 Å². The average molecular weight is 274 g/mol. The van der Waals surface area contributed by atoms with Gasteiger partial charge >= 0.3 is 0 Å². The highest BCUT2D eigenvalue weighted by Crippen LogP contribution is 2.35. The Kier molecular flexibility index (Phi) is 6.03. The van der Waals surface area contributed by atoms with E-state index in [1.807, 2.05) is 6.20 Å². The molecule has 0 radical (unpaired) electrons. The normalized spacial score (nSPS) is 23.9. The van der Waals surface area contributed by atoms with Crippen molar-refractivity contribution in [2.45, 2.75) is 65.3 Å². The van der Waals surface area contributed by atoms with Gasteiger partial charge in [0.1, 0.15) is 0 Å². The predicted molar refractivity (Wildman–Crippen MR) is 85.9 cm³/mol. The van der Waals surface area contributed by atoms with Crippen molar-refractivity contribution in [3.05, 3.63) is 29.6 Å². The van der Waals surface area contributed by atoms with Crippen molar-refractivity contribution >= 4 is 0 Å². The summed E-state index contributed by atoms with van der Waals surface area (Å²) in [5.74, 6) is 1.80. The number of aromatic nitrogens is 1. The van der Waals surface area contributed by atoms with Crippen LogP contribution in [-0.4, -0.2) is 17.6 Å². The predicted octanol–water partition coefficient (Wildman–Crippen LogP) is 3.99. The zero-order valence-corrected chi connectivity index (χ0v) is 13.4. The summed E-state index contributed by atoms with van der Waals surface area (Å²) >= 11 is 0. The number of nitrogens with one attached hydrogen (secondary N) is 1. The summed E-state index contributed by atoms with van der Waals surface area (Å²) in [6.07, 6.45) is 9.76. The maximum Gasteiger partial charge on any atom is 0.0419 e. The first-order chi connectivity index (χ1) is 9.76. The van der Waals surface area contributed by atoms with Crippen molar-refractivity contribution in [3.8, 4) is 0 Å². The van der Waals surface area contributed by atoms with Crippen molar-refractivity contribution in [1.82, 2.24) is 10.3 Å². The van der Waals surface area contributed by atoms with E-state index in [9.17, 15) is 0 Å². The summed E-state index contributed by atoms with van der Waals surface area (Å²) in [6, 6.07) is 5.06. The van der Waals surface area contributed by atoms with Crippen LogP contribution in [0.15, 0.2) is 18.3 Å². The van der Waals surface area contributed by atoms with Gasteiger partial charge in [0.2, 0.25) is 0 Å². The van der Waals surface area contributed by atoms with Gasteiger partial charge in [0.15, 0.2) is 0 Å². The number of nitrogens with zero attached hydrogens (tertiary/aromatic N) is 1. The molecule has 20 heavy (non-hydrogen) atoms. The van der Waals surface area contributed by atoms with Crippen LogP contribution in [0.4, 0.5) is 0 Å². The van der Waals surface area contributed by atoms with E-state index in [2.05, 4.69) is 43.2 Å². The van der Waals surface area contributed by atoms with Crippen LogP contribution in [0.2, 0.25) is 0 Å². The molecule has 1 N–H and O–H groups in total. The van der Waals surface area contributed by atoms with Crippen LogP contribution in [0.1, 0.15) is 57.7 Å². The summed E-state index contributed by atoms with van der Waals surface area (Å²) in [6.45, 7) is 7.79. The lowest BCUT2D eigenvalue weighted by Gasteiger charge is -2.24. The van der Waals surface area contributed by atoms with Crippen LogP contribution in [0.25, 0.3) is 0 Å². The van der Waals surface area contributed by atoms with Crippen molar-refractivity contribution < 1.29 is 0 Å². The number of likely N-dealkylation sites (N-methyl/N-ethyl adjacent to an activating group) is 1. The monoisotopic (exact) mass is 274 g/mol. The molecule has 112 valence electrons. The summed E-state index contributed by atoms with van der Waals surface area (Å²) in [7, 11) is 0. The Balaban J connectivity index is 1.97. The highest BCUT2D eigenvalue weighted by atomic mass is 14.9. The van der Waals surface area contributed by atoms with Crippen molar-refractivity contribution in [1.29, 1.82) is 0 Å². The van der Waals surface area contributed by atoms with E-state index in [4.69, 9.17) is 0 Å². The van der Waals surface area contributed by atoms with E-state index in [1.165, 1.54) is 36.9 Å². The lowest BCUT2D eigenvalue weighted by molar-refractivity contribution is 0.347. The van der Waals surface area contributed by atoms with Crippen LogP contribution in [-0.2, 0) is 12.8 Å². The van der Waals surface area contributed by atoms with Gasteiger partial charge in [0.05, 0.1) is 0 Å². The Bertz CT molecular complexity index is 385. The Morgan fingerprint density at radius 3 is 2.65 bits per heavy atom. The van der Waals surface area contributed by atoms with Gasteiger partial charge in [-0.3, -0.25) is 4.98 Å². The van der Waals surface area contributed by atoms with E-state index in [1.54, 1.807) is 0 Å². The van der Waals surface area contributed by atoms with Crippen LogP contribution < -0.4 is 5.32 Å². The fourth-order valence-corrected chi connectivity index (χ4v) is 3.53. The van der Waals surface area contributed by atoms with E-state index >= 15 is 0 Å². The quantitative estimate of drug-likeness (QED) is 0.813. The molecule has 2 heteroatoms. The third-order valence-electron chi connectivity index (χ3n) is 4.92. The fraction of sp³-hybridized carbons (Fsp3) is 0.722. The number of hydrogen-bond acceptors (Lipinski definition) is 2. The van der Waals surface area contributed by atoms with Gasteiger partial charge in [0, 0.05) is 24.4 Å². The Hall–Kier alpha value is -0.890. The van der Waals surface area contributed by atoms with Gasteiger partial charge in [-0.1, -0.05) is 39.7 Å². The van der Waals surface area contributed by atoms with Gasteiger partial charge in [-0.15, -0.1) is 0 Å². The van der Waals surface area contributed by atoms with Crippen LogP contribution in [0.5, 0.6) is 0 Å². The van der Waals surface area contributed by atoms with Gasteiger partial charge in [0.25, 0.3) is 0 Å². The number of rotatable bonds is 7. The molecule has 1 aliphatic carbocycles. The molecule has 2 rings (SSSR count). The molecule has 0 saturated heterocycles. The molecule has 0 amide bonds. The Morgan fingerprint density at radius 1 is 1.25 bits per heavy atom. The zero-order chi connectivity index (χ0) is 14.4. The van der Waals surface area contributed by atoms with Crippen LogP contribution in [0.3, 0.4) is 0 Å². The molecule has 0 aromatic carbocycles. The molecule has 1 aromatic rings. The summed E-state index contributed by atoms with van der Waals surface area (Å²) < 4.78 is 0. The standard InChI is InChI=1S/C18H30N2/c1-4-14-7-9-16(11-14)18(19-6-3)12-17-10-8-15(5-2)13-20-17/h8,10,13-14,16,18-19H,4-7,9,11-12H2,1-3H3. The molecular formula is C18H30N2. The molecule has 1 aliphatic rings. The maximum absolute atomic E-state index is 4.64. The molecular weight excluding hydrogens is 244 g/mol. The Morgan fingerprint density at radius 2 is 2.10 bits per heavy atom. The summed E-state index contributed by atoms with van der Waals surface area (Å²) in [5, 5.41) is 3.71. The molecule has 0 spiro atoms. The highest BCUT2D eigenvalue weighted by Gasteiger charge is 2.29. The summed E-state index contributed by atoms with van der Waals surface area (Å²) in [4.78, 5) is 4.64. The van der Waals surface area contributed by atoms with Crippen LogP contribution in [0, 0.1) is 11.8 Å². The minimum Gasteiger partial charge on any atom is -0.314 e. The molecule has 1 saturated carbocycles. The molecule has 1 heterocycles. The second kappa shape index (κ2) is 7.78. The molecule has 0 aliphatic heterocycles. The third kappa shape index (κ3) is 4.05. The molecule has 1 fully saturated rings. The first kappa shape index (κ1) is 15.5. The first-order valence-corrected chi connectivity index (χ1v) is 8.43. The van der Waals surface area contributed by atoms with Crippen LogP contribution >= 0.6 is 0 Å².